The number of aromatic nitrogens is 2. The molecule has 0 fully saturated rings. The maximum absolute atomic E-state index is 13.3. The van der Waals surface area contributed by atoms with Crippen LogP contribution in [-0.2, 0) is 11.3 Å². The van der Waals surface area contributed by atoms with Crippen molar-refractivity contribution in [3.05, 3.63) is 64.5 Å². The van der Waals surface area contributed by atoms with Gasteiger partial charge in [-0.3, -0.25) is 14.2 Å². The third-order valence-electron chi connectivity index (χ3n) is 4.15. The Bertz CT molecular complexity index is 1050. The van der Waals surface area contributed by atoms with Crippen molar-refractivity contribution in [2.75, 3.05) is 11.9 Å². The van der Waals surface area contributed by atoms with Gasteiger partial charge in [0, 0.05) is 19.0 Å². The Balaban J connectivity index is 1.72. The van der Waals surface area contributed by atoms with Crippen molar-refractivity contribution < 1.29 is 13.9 Å². The standard InChI is InChI=1S/C20H20FN3O3/c1-3-27-17-11-14(21)7-8-16(17)23-18(25)9-10-24-12-22-19-13(2)5-4-6-15(19)20(24)26/h4-8,11-12H,3,9-10H2,1-2H3,(H,23,25). The van der Waals surface area contributed by atoms with Gasteiger partial charge in [0.25, 0.3) is 5.56 Å². The van der Waals surface area contributed by atoms with E-state index in [1.54, 1.807) is 13.0 Å². The number of amides is 1. The molecule has 140 valence electrons. The van der Waals surface area contributed by atoms with Crippen molar-refractivity contribution in [1.29, 1.82) is 0 Å². The maximum atomic E-state index is 13.3. The number of rotatable bonds is 6. The summed E-state index contributed by atoms with van der Waals surface area (Å²) in [4.78, 5) is 29.1. The number of ether oxygens (including phenoxy) is 1. The largest absolute Gasteiger partial charge is 0.492 e. The zero-order chi connectivity index (χ0) is 19.4. The Labute approximate surface area is 155 Å². The van der Waals surface area contributed by atoms with Gasteiger partial charge in [0.2, 0.25) is 5.91 Å². The van der Waals surface area contributed by atoms with Crippen LogP contribution in [0, 0.1) is 12.7 Å². The molecule has 3 aromatic rings. The van der Waals surface area contributed by atoms with Crippen LogP contribution in [0.5, 0.6) is 5.75 Å². The summed E-state index contributed by atoms with van der Waals surface area (Å²) in [7, 11) is 0. The quantitative estimate of drug-likeness (QED) is 0.724. The van der Waals surface area contributed by atoms with Crippen LogP contribution in [0.15, 0.2) is 47.5 Å². The fraction of sp³-hybridized carbons (Fsp3) is 0.250. The summed E-state index contributed by atoms with van der Waals surface area (Å²) in [6, 6.07) is 9.34. The average Bonchev–Trinajstić information content (AvgIpc) is 2.64. The van der Waals surface area contributed by atoms with Gasteiger partial charge < -0.3 is 10.1 Å². The minimum Gasteiger partial charge on any atom is -0.492 e. The number of fused-ring (bicyclic) bond motifs is 1. The van der Waals surface area contributed by atoms with E-state index in [1.165, 1.54) is 29.1 Å². The highest BCUT2D eigenvalue weighted by molar-refractivity contribution is 5.92. The summed E-state index contributed by atoms with van der Waals surface area (Å²) in [5, 5.41) is 3.22. The molecule has 0 aliphatic heterocycles. The van der Waals surface area contributed by atoms with Crippen LogP contribution < -0.4 is 15.6 Å². The second-order valence-electron chi connectivity index (χ2n) is 6.09. The zero-order valence-corrected chi connectivity index (χ0v) is 15.2. The van der Waals surface area contributed by atoms with Crippen LogP contribution >= 0.6 is 0 Å². The fourth-order valence-corrected chi connectivity index (χ4v) is 2.81. The minimum absolute atomic E-state index is 0.0713. The molecular formula is C20H20FN3O3. The van der Waals surface area contributed by atoms with Gasteiger partial charge in [-0.1, -0.05) is 12.1 Å². The normalized spacial score (nSPS) is 10.8. The number of hydrogen-bond donors (Lipinski definition) is 1. The number of carbonyl (C=O) groups excluding carboxylic acids is 1. The highest BCUT2D eigenvalue weighted by atomic mass is 19.1. The van der Waals surface area contributed by atoms with Crippen molar-refractivity contribution in [3.8, 4) is 5.75 Å². The maximum Gasteiger partial charge on any atom is 0.261 e. The van der Waals surface area contributed by atoms with Gasteiger partial charge in [0.05, 0.1) is 29.5 Å². The van der Waals surface area contributed by atoms with Gasteiger partial charge in [-0.15, -0.1) is 0 Å². The molecule has 0 aliphatic rings. The molecule has 1 N–H and O–H groups in total. The van der Waals surface area contributed by atoms with Crippen LogP contribution in [0.3, 0.4) is 0 Å². The highest BCUT2D eigenvalue weighted by Crippen LogP contribution is 2.25. The Morgan fingerprint density at radius 2 is 2.11 bits per heavy atom. The number of nitrogens with zero attached hydrogens (tertiary/aromatic N) is 2. The summed E-state index contributed by atoms with van der Waals surface area (Å²) >= 11 is 0. The molecule has 0 radical (unpaired) electrons. The number of hydrogen-bond acceptors (Lipinski definition) is 4. The molecule has 3 rings (SSSR count). The lowest BCUT2D eigenvalue weighted by Gasteiger charge is -2.12. The van der Waals surface area contributed by atoms with Crippen LogP contribution in [0.4, 0.5) is 10.1 Å². The summed E-state index contributed by atoms with van der Waals surface area (Å²) in [6.07, 6.45) is 1.52. The van der Waals surface area contributed by atoms with E-state index in [4.69, 9.17) is 4.74 Å². The minimum atomic E-state index is -0.444. The fourth-order valence-electron chi connectivity index (χ4n) is 2.81. The van der Waals surface area contributed by atoms with Crippen molar-refractivity contribution in [1.82, 2.24) is 9.55 Å². The van der Waals surface area contributed by atoms with Crippen molar-refractivity contribution in [3.63, 3.8) is 0 Å². The lowest BCUT2D eigenvalue weighted by Crippen LogP contribution is -2.24. The molecule has 0 unspecified atom stereocenters. The number of anilines is 1. The van der Waals surface area contributed by atoms with Gasteiger partial charge in [-0.25, -0.2) is 9.37 Å². The lowest BCUT2D eigenvalue weighted by molar-refractivity contribution is -0.116. The molecule has 0 bridgehead atoms. The van der Waals surface area contributed by atoms with Gasteiger partial charge in [-0.2, -0.15) is 0 Å². The summed E-state index contributed by atoms with van der Waals surface area (Å²) in [5.74, 6) is -0.481. The Morgan fingerprint density at radius 1 is 1.30 bits per heavy atom. The molecule has 27 heavy (non-hydrogen) atoms. The Morgan fingerprint density at radius 3 is 2.89 bits per heavy atom. The molecule has 0 saturated heterocycles. The number of benzene rings is 2. The molecule has 2 aromatic carbocycles. The van der Waals surface area contributed by atoms with E-state index < -0.39 is 5.82 Å². The summed E-state index contributed by atoms with van der Waals surface area (Å²) in [5.41, 5.74) is 1.79. The van der Waals surface area contributed by atoms with Gasteiger partial charge in [0.1, 0.15) is 11.6 Å². The smallest absolute Gasteiger partial charge is 0.261 e. The first-order valence-corrected chi connectivity index (χ1v) is 8.66. The molecule has 1 amide bonds. The third-order valence-corrected chi connectivity index (χ3v) is 4.15. The second-order valence-corrected chi connectivity index (χ2v) is 6.09. The predicted molar refractivity (Wildman–Crippen MR) is 102 cm³/mol. The lowest BCUT2D eigenvalue weighted by atomic mass is 10.1. The topological polar surface area (TPSA) is 73.2 Å². The van der Waals surface area contributed by atoms with Crippen LogP contribution in [0.2, 0.25) is 0 Å². The van der Waals surface area contributed by atoms with E-state index in [1.807, 2.05) is 19.1 Å². The van der Waals surface area contributed by atoms with E-state index in [0.717, 1.165) is 5.56 Å². The molecule has 1 aromatic heterocycles. The molecule has 0 atom stereocenters. The van der Waals surface area contributed by atoms with Crippen LogP contribution in [0.1, 0.15) is 18.9 Å². The molecular weight excluding hydrogens is 349 g/mol. The Hall–Kier alpha value is -3.22. The summed E-state index contributed by atoms with van der Waals surface area (Å²) < 4.78 is 20.1. The van der Waals surface area contributed by atoms with Gasteiger partial charge in [-0.05, 0) is 37.6 Å². The predicted octanol–water partition coefficient (Wildman–Crippen LogP) is 3.27. The SMILES string of the molecule is CCOc1cc(F)ccc1NC(=O)CCn1cnc2c(C)cccc2c1=O. The van der Waals surface area contributed by atoms with Crippen molar-refractivity contribution >= 4 is 22.5 Å². The third kappa shape index (κ3) is 4.13. The van der Waals surface area contributed by atoms with E-state index in [9.17, 15) is 14.0 Å². The van der Waals surface area contributed by atoms with Gasteiger partial charge in [0.15, 0.2) is 0 Å². The number of carbonyl (C=O) groups is 1. The molecule has 0 saturated carbocycles. The van der Waals surface area contributed by atoms with E-state index in [0.29, 0.717) is 23.2 Å². The van der Waals surface area contributed by atoms with E-state index in [-0.39, 0.29) is 30.2 Å². The van der Waals surface area contributed by atoms with Crippen molar-refractivity contribution in [2.45, 2.75) is 26.8 Å². The highest BCUT2D eigenvalue weighted by Gasteiger charge is 2.11. The molecule has 0 aliphatic carbocycles. The first-order valence-electron chi connectivity index (χ1n) is 8.66. The van der Waals surface area contributed by atoms with Crippen molar-refractivity contribution in [2.24, 2.45) is 0 Å². The molecule has 7 heteroatoms. The monoisotopic (exact) mass is 369 g/mol. The average molecular weight is 369 g/mol. The summed E-state index contributed by atoms with van der Waals surface area (Å²) in [6.45, 7) is 4.21. The molecule has 0 spiro atoms. The second kappa shape index (κ2) is 7.99. The first kappa shape index (κ1) is 18.6. The van der Waals surface area contributed by atoms with Gasteiger partial charge >= 0.3 is 0 Å². The molecule has 1 heterocycles. The van der Waals surface area contributed by atoms with Crippen LogP contribution in [0.25, 0.3) is 10.9 Å². The number of nitrogens with one attached hydrogen (secondary N) is 1. The van der Waals surface area contributed by atoms with E-state index >= 15 is 0 Å². The molecule has 6 nitrogen and oxygen atoms in total. The number of para-hydroxylation sites is 1. The number of halogens is 1. The van der Waals surface area contributed by atoms with Crippen LogP contribution in [-0.4, -0.2) is 22.1 Å². The number of aryl methyl sites for hydroxylation is 2. The zero-order valence-electron chi connectivity index (χ0n) is 15.2. The Kier molecular flexibility index (Phi) is 5.49. The first-order chi connectivity index (χ1) is 13.0. The van der Waals surface area contributed by atoms with E-state index in [2.05, 4.69) is 10.3 Å².